The monoisotopic (exact) mass is 329 g/mol. The van der Waals surface area contributed by atoms with Gasteiger partial charge in [-0.2, -0.15) is 0 Å². The fraction of sp³-hybridized carbons (Fsp3) is 0.600. The molecule has 2 aliphatic rings. The smallest absolute Gasteiger partial charge is 0.318 e. The van der Waals surface area contributed by atoms with Crippen molar-refractivity contribution in [3.8, 4) is 0 Å². The average Bonchev–Trinajstić information content (AvgIpc) is 3.33. The van der Waals surface area contributed by atoms with Crippen molar-refractivity contribution in [1.29, 1.82) is 0 Å². The molecule has 2 N–H and O–H groups in total. The van der Waals surface area contributed by atoms with Crippen molar-refractivity contribution >= 4 is 17.4 Å². The molecule has 0 amide bonds. The number of anilines is 1. The van der Waals surface area contributed by atoms with Gasteiger partial charge >= 0.3 is 5.97 Å². The van der Waals surface area contributed by atoms with E-state index in [0.717, 1.165) is 31.2 Å². The molecule has 4 nitrogen and oxygen atoms in total. The van der Waals surface area contributed by atoms with Crippen LogP contribution in [0.1, 0.15) is 63.9 Å². The van der Waals surface area contributed by atoms with E-state index in [2.05, 4.69) is 0 Å². The second-order valence-corrected chi connectivity index (χ2v) is 7.29. The fourth-order valence-corrected chi connectivity index (χ4v) is 4.25. The summed E-state index contributed by atoms with van der Waals surface area (Å²) in [5.74, 6) is -0.717. The molecule has 1 aromatic rings. The van der Waals surface area contributed by atoms with Crippen LogP contribution in [0.4, 0.5) is 5.69 Å². The zero-order valence-corrected chi connectivity index (χ0v) is 14.6. The molecular formula is C20H27NO3. The van der Waals surface area contributed by atoms with Crippen LogP contribution in [0.15, 0.2) is 24.3 Å². The summed E-state index contributed by atoms with van der Waals surface area (Å²) in [4.78, 5) is 26.0. The van der Waals surface area contributed by atoms with Crippen molar-refractivity contribution in [3.63, 3.8) is 0 Å². The van der Waals surface area contributed by atoms with Crippen LogP contribution < -0.4 is 5.73 Å². The van der Waals surface area contributed by atoms with Gasteiger partial charge in [0.05, 0.1) is 0 Å². The van der Waals surface area contributed by atoms with Gasteiger partial charge in [0.15, 0.2) is 11.4 Å². The van der Waals surface area contributed by atoms with Crippen molar-refractivity contribution in [2.75, 3.05) is 5.73 Å². The van der Waals surface area contributed by atoms with E-state index >= 15 is 0 Å². The number of hydrogen-bond acceptors (Lipinski definition) is 4. The van der Waals surface area contributed by atoms with Crippen molar-refractivity contribution < 1.29 is 14.3 Å². The molecule has 1 aromatic carbocycles. The molecule has 3 rings (SSSR count). The molecule has 24 heavy (non-hydrogen) atoms. The number of benzene rings is 1. The number of carbonyl (C=O) groups excluding carboxylic acids is 2. The van der Waals surface area contributed by atoms with E-state index < -0.39 is 11.5 Å². The number of cyclic esters (lactones) is 1. The third-order valence-electron chi connectivity index (χ3n) is 5.37. The van der Waals surface area contributed by atoms with E-state index in [1.54, 1.807) is 0 Å². The van der Waals surface area contributed by atoms with E-state index in [4.69, 9.17) is 10.5 Å². The largest absolute Gasteiger partial charge is 0.450 e. The molecule has 130 valence electrons. The first-order valence-corrected chi connectivity index (χ1v) is 9.15. The first-order chi connectivity index (χ1) is 11.5. The summed E-state index contributed by atoms with van der Waals surface area (Å²) in [5, 5.41) is 0. The molecule has 0 radical (unpaired) electrons. The number of hydrogen-bond donors (Lipinski definition) is 1. The maximum atomic E-state index is 13.3. The van der Waals surface area contributed by atoms with Crippen LogP contribution in [-0.4, -0.2) is 17.4 Å². The van der Waals surface area contributed by atoms with Gasteiger partial charge in [-0.1, -0.05) is 38.8 Å². The number of nitrogens with two attached hydrogens (primary N) is 1. The molecule has 0 aromatic heterocycles. The van der Waals surface area contributed by atoms with Crippen LogP contribution >= 0.6 is 0 Å². The van der Waals surface area contributed by atoms with Gasteiger partial charge in [-0.3, -0.25) is 9.59 Å². The van der Waals surface area contributed by atoms with Crippen LogP contribution in [0.5, 0.6) is 0 Å². The van der Waals surface area contributed by atoms with E-state index in [1.165, 1.54) is 0 Å². The fourth-order valence-electron chi connectivity index (χ4n) is 4.25. The first kappa shape index (κ1) is 17.0. The number of nitrogen functional groups attached to an aromatic ring is 1. The van der Waals surface area contributed by atoms with Crippen molar-refractivity contribution in [3.05, 3.63) is 29.8 Å². The Kier molecular flexibility index (Phi) is 4.66. The lowest BCUT2D eigenvalue weighted by atomic mass is 9.75. The van der Waals surface area contributed by atoms with Crippen LogP contribution in [0.25, 0.3) is 0 Å². The Labute approximate surface area is 143 Å². The molecule has 1 aliphatic carbocycles. The normalized spacial score (nSPS) is 24.0. The van der Waals surface area contributed by atoms with Gasteiger partial charge in [0.1, 0.15) is 5.92 Å². The van der Waals surface area contributed by atoms with Crippen LogP contribution in [-0.2, 0) is 14.3 Å². The summed E-state index contributed by atoms with van der Waals surface area (Å²) >= 11 is 0. The Morgan fingerprint density at radius 3 is 2.42 bits per heavy atom. The molecular weight excluding hydrogens is 302 g/mol. The highest BCUT2D eigenvalue weighted by molar-refractivity contribution is 6.10. The van der Waals surface area contributed by atoms with Gasteiger partial charge in [-0.05, 0) is 49.3 Å². The predicted octanol–water partition coefficient (Wildman–Crippen LogP) is 3.84. The molecule has 0 spiro atoms. The Morgan fingerprint density at radius 1 is 1.21 bits per heavy atom. The molecule has 1 saturated heterocycles. The highest BCUT2D eigenvalue weighted by Gasteiger charge is 2.58. The van der Waals surface area contributed by atoms with Gasteiger partial charge in [0.2, 0.25) is 0 Å². The molecule has 4 heteroatoms. The number of ketones is 1. The topological polar surface area (TPSA) is 69.4 Å². The third-order valence-corrected chi connectivity index (χ3v) is 5.37. The Balaban J connectivity index is 1.96. The maximum Gasteiger partial charge on any atom is 0.318 e. The lowest BCUT2D eigenvalue weighted by Crippen LogP contribution is -2.38. The molecule has 2 atom stereocenters. The van der Waals surface area contributed by atoms with Gasteiger partial charge in [-0.15, -0.1) is 0 Å². The SMILES string of the molecule is CCCC1(CCC)OC(=O)C(C(c2cccc(N)c2)C2CC2)C1=O. The van der Waals surface area contributed by atoms with E-state index in [0.29, 0.717) is 24.4 Å². The maximum absolute atomic E-state index is 13.3. The lowest BCUT2D eigenvalue weighted by Gasteiger charge is -2.26. The first-order valence-electron chi connectivity index (χ1n) is 9.15. The number of ether oxygens (including phenoxy) is 1. The quantitative estimate of drug-likeness (QED) is 0.469. The lowest BCUT2D eigenvalue weighted by molar-refractivity contribution is -0.154. The van der Waals surface area contributed by atoms with Gasteiger partial charge in [0, 0.05) is 11.6 Å². The van der Waals surface area contributed by atoms with Crippen molar-refractivity contribution in [2.24, 2.45) is 11.8 Å². The minimum Gasteiger partial charge on any atom is -0.450 e. The minimum atomic E-state index is -0.904. The molecule has 0 bridgehead atoms. The van der Waals surface area contributed by atoms with Gasteiger partial charge in [-0.25, -0.2) is 0 Å². The Morgan fingerprint density at radius 2 is 1.88 bits per heavy atom. The number of carbonyl (C=O) groups is 2. The molecule has 1 aliphatic heterocycles. The van der Waals surface area contributed by atoms with Gasteiger partial charge < -0.3 is 10.5 Å². The summed E-state index contributed by atoms with van der Waals surface area (Å²) in [6, 6.07) is 7.62. The zero-order valence-electron chi connectivity index (χ0n) is 14.6. The Bertz CT molecular complexity index is 630. The van der Waals surface area contributed by atoms with Crippen LogP contribution in [0, 0.1) is 11.8 Å². The molecule has 2 fully saturated rings. The van der Waals surface area contributed by atoms with Crippen LogP contribution in [0.3, 0.4) is 0 Å². The third kappa shape index (κ3) is 2.94. The van der Waals surface area contributed by atoms with Crippen LogP contribution in [0.2, 0.25) is 0 Å². The Hall–Kier alpha value is -1.84. The molecule has 1 saturated carbocycles. The standard InChI is InChI=1S/C20H27NO3/c1-3-10-20(11-4-2)18(22)17(19(23)24-20)16(13-8-9-13)14-6-5-7-15(21)12-14/h5-7,12-13,16-17H,3-4,8-11,21H2,1-2H3. The second kappa shape index (κ2) is 6.58. The number of esters is 1. The minimum absolute atomic E-state index is 0.00414. The predicted molar refractivity (Wildman–Crippen MR) is 93.5 cm³/mol. The summed E-state index contributed by atoms with van der Waals surface area (Å²) < 4.78 is 5.75. The van der Waals surface area contributed by atoms with E-state index in [1.807, 2.05) is 38.1 Å². The number of Topliss-reactive ketones (excluding diaryl/α,β-unsaturated/α-hetero) is 1. The van der Waals surface area contributed by atoms with Crippen molar-refractivity contribution in [2.45, 2.75) is 63.9 Å². The van der Waals surface area contributed by atoms with Gasteiger partial charge in [0.25, 0.3) is 0 Å². The summed E-state index contributed by atoms with van der Waals surface area (Å²) in [5.41, 5.74) is 6.70. The second-order valence-electron chi connectivity index (χ2n) is 7.29. The zero-order chi connectivity index (χ0) is 17.3. The number of rotatable bonds is 7. The molecule has 2 unspecified atom stereocenters. The van der Waals surface area contributed by atoms with E-state index in [-0.39, 0.29) is 17.7 Å². The average molecular weight is 329 g/mol. The van der Waals surface area contributed by atoms with E-state index in [9.17, 15) is 9.59 Å². The van der Waals surface area contributed by atoms with Crippen molar-refractivity contribution in [1.82, 2.24) is 0 Å². The summed E-state index contributed by atoms with van der Waals surface area (Å²) in [6.07, 6.45) is 5.03. The highest BCUT2D eigenvalue weighted by atomic mass is 16.6. The summed E-state index contributed by atoms with van der Waals surface area (Å²) in [6.45, 7) is 4.06. The highest BCUT2D eigenvalue weighted by Crippen LogP contribution is 2.51. The summed E-state index contributed by atoms with van der Waals surface area (Å²) in [7, 11) is 0. The molecule has 1 heterocycles.